The van der Waals surface area contributed by atoms with Gasteiger partial charge in [0.2, 0.25) is 0 Å². The highest BCUT2D eigenvalue weighted by Gasteiger charge is 2.04. The molecule has 0 saturated carbocycles. The fourth-order valence-electron chi connectivity index (χ4n) is 1.28. The van der Waals surface area contributed by atoms with Crippen LogP contribution in [0.5, 0.6) is 0 Å². The highest BCUT2D eigenvalue weighted by atomic mass is 79.9. The minimum atomic E-state index is -0.206. The third kappa shape index (κ3) is 4.03. The molecule has 0 atom stereocenters. The van der Waals surface area contributed by atoms with Crippen LogP contribution in [0.3, 0.4) is 0 Å². The molecule has 0 aliphatic carbocycles. The van der Waals surface area contributed by atoms with E-state index in [9.17, 15) is 4.39 Å². The van der Waals surface area contributed by atoms with Crippen molar-refractivity contribution in [2.45, 2.75) is 13.3 Å². The zero-order chi connectivity index (χ0) is 11.3. The minimum Gasteiger partial charge on any atom is -0.385 e. The lowest BCUT2D eigenvalue weighted by Gasteiger charge is -2.10. The van der Waals surface area contributed by atoms with Crippen molar-refractivity contribution in [3.63, 3.8) is 0 Å². The van der Waals surface area contributed by atoms with Gasteiger partial charge in [-0.25, -0.2) is 4.39 Å². The fraction of sp³-hybridized carbons (Fsp3) is 0.455. The zero-order valence-electron chi connectivity index (χ0n) is 8.94. The number of rotatable bonds is 5. The minimum absolute atomic E-state index is 0.206. The second-order valence-electron chi connectivity index (χ2n) is 3.35. The molecule has 0 heterocycles. The molecule has 15 heavy (non-hydrogen) atoms. The molecule has 0 aromatic heterocycles. The van der Waals surface area contributed by atoms with E-state index in [1.807, 2.05) is 18.7 Å². The lowest BCUT2D eigenvalue weighted by molar-refractivity contribution is 0.620. The summed E-state index contributed by atoms with van der Waals surface area (Å²) in [6.45, 7) is 2.84. The smallest absolute Gasteiger partial charge is 0.137 e. The van der Waals surface area contributed by atoms with E-state index in [1.54, 1.807) is 12.1 Å². The topological polar surface area (TPSA) is 12.0 Å². The number of aryl methyl sites for hydroxylation is 1. The molecular weight excluding hydrogens is 277 g/mol. The summed E-state index contributed by atoms with van der Waals surface area (Å²) in [5.74, 6) is 0.941. The van der Waals surface area contributed by atoms with Gasteiger partial charge in [-0.3, -0.25) is 0 Å². The van der Waals surface area contributed by atoms with Crippen molar-refractivity contribution in [2.24, 2.45) is 0 Å². The van der Waals surface area contributed by atoms with Crippen molar-refractivity contribution >= 4 is 33.4 Å². The van der Waals surface area contributed by atoms with E-state index in [-0.39, 0.29) is 5.82 Å². The Labute approximate surface area is 103 Å². The lowest BCUT2D eigenvalue weighted by Crippen LogP contribution is -2.04. The molecular formula is C11H15BrFNS. The molecule has 1 N–H and O–H groups in total. The summed E-state index contributed by atoms with van der Waals surface area (Å²) in [4.78, 5) is 0. The molecule has 1 aromatic carbocycles. The molecule has 0 bridgehead atoms. The third-order valence-corrected chi connectivity index (χ3v) is 3.41. The molecule has 0 unspecified atom stereocenters. The first-order chi connectivity index (χ1) is 7.15. The summed E-state index contributed by atoms with van der Waals surface area (Å²) in [6.07, 6.45) is 3.22. The number of halogens is 2. The Bertz CT molecular complexity index is 331. The van der Waals surface area contributed by atoms with E-state index in [2.05, 4.69) is 27.5 Å². The van der Waals surface area contributed by atoms with Gasteiger partial charge in [0.1, 0.15) is 5.82 Å². The quantitative estimate of drug-likeness (QED) is 0.821. The van der Waals surface area contributed by atoms with Gasteiger partial charge < -0.3 is 5.32 Å². The Kier molecular flexibility index (Phi) is 5.47. The van der Waals surface area contributed by atoms with Gasteiger partial charge in [-0.15, -0.1) is 0 Å². The molecule has 0 saturated heterocycles. The maximum Gasteiger partial charge on any atom is 0.137 e. The molecule has 0 amide bonds. The van der Waals surface area contributed by atoms with Gasteiger partial charge in [-0.2, -0.15) is 11.8 Å². The maximum atomic E-state index is 13.1. The predicted molar refractivity (Wildman–Crippen MR) is 70.3 cm³/mol. The van der Waals surface area contributed by atoms with Crippen LogP contribution in [-0.2, 0) is 0 Å². The van der Waals surface area contributed by atoms with Crippen molar-refractivity contribution in [2.75, 3.05) is 23.9 Å². The van der Waals surface area contributed by atoms with Gasteiger partial charge in [0.15, 0.2) is 0 Å². The normalized spacial score (nSPS) is 10.4. The Morgan fingerprint density at radius 2 is 2.20 bits per heavy atom. The number of thioether (sulfide) groups is 1. The molecule has 1 nitrogen and oxygen atoms in total. The number of anilines is 1. The third-order valence-electron chi connectivity index (χ3n) is 2.11. The van der Waals surface area contributed by atoms with Crippen LogP contribution in [0.4, 0.5) is 10.1 Å². The number of nitrogens with one attached hydrogen (secondary N) is 1. The van der Waals surface area contributed by atoms with E-state index in [1.165, 1.54) is 0 Å². The largest absolute Gasteiger partial charge is 0.385 e. The number of hydrogen-bond donors (Lipinski definition) is 1. The average molecular weight is 292 g/mol. The van der Waals surface area contributed by atoms with E-state index in [0.29, 0.717) is 4.47 Å². The molecule has 1 aromatic rings. The van der Waals surface area contributed by atoms with Crippen molar-refractivity contribution in [3.8, 4) is 0 Å². The van der Waals surface area contributed by atoms with Gasteiger partial charge in [0.05, 0.1) is 4.47 Å². The Morgan fingerprint density at radius 1 is 1.47 bits per heavy atom. The van der Waals surface area contributed by atoms with Crippen molar-refractivity contribution < 1.29 is 4.39 Å². The second kappa shape index (κ2) is 6.38. The van der Waals surface area contributed by atoms with Crippen LogP contribution in [0.2, 0.25) is 0 Å². The monoisotopic (exact) mass is 291 g/mol. The molecule has 84 valence electrons. The van der Waals surface area contributed by atoms with Crippen LogP contribution in [-0.4, -0.2) is 18.6 Å². The fourth-order valence-corrected chi connectivity index (χ4v) is 2.05. The molecule has 0 spiro atoms. The lowest BCUT2D eigenvalue weighted by atomic mass is 10.2. The van der Waals surface area contributed by atoms with Crippen LogP contribution in [0.15, 0.2) is 16.6 Å². The molecule has 4 heteroatoms. The Balaban J connectivity index is 2.57. The first kappa shape index (κ1) is 12.8. The van der Waals surface area contributed by atoms with E-state index in [4.69, 9.17) is 0 Å². The molecule has 1 rings (SSSR count). The van der Waals surface area contributed by atoms with Crippen LogP contribution >= 0.6 is 27.7 Å². The molecule has 0 fully saturated rings. The first-order valence-corrected chi connectivity index (χ1v) is 7.02. The highest BCUT2D eigenvalue weighted by molar-refractivity contribution is 9.10. The summed E-state index contributed by atoms with van der Waals surface area (Å²) in [5.41, 5.74) is 1.95. The predicted octanol–water partition coefficient (Wildman–Crippen LogP) is 4.06. The van der Waals surface area contributed by atoms with E-state index >= 15 is 0 Å². The SMILES string of the molecule is CSCCCNc1cc(Br)c(F)cc1C. The standard InChI is InChI=1S/C11H15BrFNS/c1-8-6-10(13)9(12)7-11(8)14-4-3-5-15-2/h6-7,14H,3-5H2,1-2H3. The Morgan fingerprint density at radius 3 is 2.87 bits per heavy atom. The van der Waals surface area contributed by atoms with Crippen LogP contribution < -0.4 is 5.32 Å². The molecule has 0 aliphatic heterocycles. The van der Waals surface area contributed by atoms with Gasteiger partial charge >= 0.3 is 0 Å². The second-order valence-corrected chi connectivity index (χ2v) is 5.19. The summed E-state index contributed by atoms with van der Waals surface area (Å²) in [5, 5.41) is 3.31. The average Bonchev–Trinajstić information content (AvgIpc) is 2.20. The van der Waals surface area contributed by atoms with Gasteiger partial charge in [-0.05, 0) is 59.0 Å². The van der Waals surface area contributed by atoms with E-state index < -0.39 is 0 Å². The van der Waals surface area contributed by atoms with Gasteiger partial charge in [0.25, 0.3) is 0 Å². The molecule has 0 radical (unpaired) electrons. The molecule has 0 aliphatic rings. The van der Waals surface area contributed by atoms with Gasteiger partial charge in [0, 0.05) is 12.2 Å². The number of hydrogen-bond acceptors (Lipinski definition) is 2. The van der Waals surface area contributed by atoms with E-state index in [0.717, 1.165) is 30.0 Å². The van der Waals surface area contributed by atoms with Crippen LogP contribution in [0.1, 0.15) is 12.0 Å². The first-order valence-electron chi connectivity index (χ1n) is 4.83. The highest BCUT2D eigenvalue weighted by Crippen LogP contribution is 2.24. The summed E-state index contributed by atoms with van der Waals surface area (Å²) in [6, 6.07) is 3.34. The summed E-state index contributed by atoms with van der Waals surface area (Å²) in [7, 11) is 0. The number of benzene rings is 1. The summed E-state index contributed by atoms with van der Waals surface area (Å²) >= 11 is 5.02. The zero-order valence-corrected chi connectivity index (χ0v) is 11.3. The maximum absolute atomic E-state index is 13.1. The van der Waals surface area contributed by atoms with Crippen molar-refractivity contribution in [3.05, 3.63) is 28.0 Å². The van der Waals surface area contributed by atoms with Crippen LogP contribution in [0.25, 0.3) is 0 Å². The Hall–Kier alpha value is -0.220. The van der Waals surface area contributed by atoms with Crippen LogP contribution in [0, 0.1) is 12.7 Å². The van der Waals surface area contributed by atoms with Crippen molar-refractivity contribution in [1.29, 1.82) is 0 Å². The summed E-state index contributed by atoms with van der Waals surface area (Å²) < 4.78 is 13.6. The van der Waals surface area contributed by atoms with Gasteiger partial charge in [-0.1, -0.05) is 0 Å². The van der Waals surface area contributed by atoms with Crippen molar-refractivity contribution in [1.82, 2.24) is 0 Å².